The van der Waals surface area contributed by atoms with Crippen LogP contribution in [-0.2, 0) is 9.53 Å². The van der Waals surface area contributed by atoms with Crippen molar-refractivity contribution in [3.63, 3.8) is 0 Å². The van der Waals surface area contributed by atoms with Gasteiger partial charge in [0.1, 0.15) is 0 Å². The zero-order valence-corrected chi connectivity index (χ0v) is 16.2. The first-order valence-electron chi connectivity index (χ1n) is 9.78. The topological polar surface area (TPSA) is 26.3 Å². The highest BCUT2D eigenvalue weighted by Gasteiger charge is 2.08. The number of hydrogen-bond donors (Lipinski definition) is 0. The zero-order chi connectivity index (χ0) is 17.5. The lowest BCUT2D eigenvalue weighted by Crippen LogP contribution is -2.08. The van der Waals surface area contributed by atoms with Crippen LogP contribution < -0.4 is 0 Å². The van der Waals surface area contributed by atoms with Gasteiger partial charge in [-0.15, -0.1) is 0 Å². The summed E-state index contributed by atoms with van der Waals surface area (Å²) in [5.74, 6) is 1.33. The van der Waals surface area contributed by atoms with Crippen molar-refractivity contribution < 1.29 is 9.53 Å². The normalized spacial score (nSPS) is 11.2. The summed E-state index contributed by atoms with van der Waals surface area (Å²) in [6, 6.07) is 0. The Morgan fingerprint density at radius 2 is 1.26 bits per heavy atom. The van der Waals surface area contributed by atoms with Gasteiger partial charge in [0.15, 0.2) is 0 Å². The smallest absolute Gasteiger partial charge is 0.333 e. The van der Waals surface area contributed by atoms with E-state index in [0.717, 1.165) is 38.0 Å². The molecule has 0 bridgehead atoms. The summed E-state index contributed by atoms with van der Waals surface area (Å²) in [7, 11) is 0. The fourth-order valence-electron chi connectivity index (χ4n) is 2.63. The van der Waals surface area contributed by atoms with Crippen LogP contribution in [0.4, 0.5) is 0 Å². The third kappa shape index (κ3) is 15.9. The van der Waals surface area contributed by atoms with Crippen molar-refractivity contribution in [3.8, 4) is 0 Å². The summed E-state index contributed by atoms with van der Waals surface area (Å²) < 4.78 is 5.29. The molecule has 2 heteroatoms. The van der Waals surface area contributed by atoms with Crippen LogP contribution in [0.1, 0.15) is 98.3 Å². The van der Waals surface area contributed by atoms with Gasteiger partial charge in [-0.25, -0.2) is 4.79 Å². The van der Waals surface area contributed by atoms with Gasteiger partial charge >= 0.3 is 5.97 Å². The van der Waals surface area contributed by atoms with Gasteiger partial charge in [0.2, 0.25) is 0 Å². The lowest BCUT2D eigenvalue weighted by molar-refractivity contribution is -0.139. The van der Waals surface area contributed by atoms with Gasteiger partial charge in [-0.05, 0) is 31.1 Å². The van der Waals surface area contributed by atoms with Gasteiger partial charge in [0, 0.05) is 5.57 Å². The van der Waals surface area contributed by atoms with Gasteiger partial charge in [-0.3, -0.25) is 0 Å². The van der Waals surface area contributed by atoms with E-state index in [0.29, 0.717) is 18.1 Å². The van der Waals surface area contributed by atoms with E-state index < -0.39 is 0 Å². The Morgan fingerprint density at radius 3 is 1.83 bits per heavy atom. The average Bonchev–Trinajstić information content (AvgIpc) is 2.48. The molecular formula is C21H40O2. The monoisotopic (exact) mass is 324 g/mol. The van der Waals surface area contributed by atoms with Crippen LogP contribution in [0.3, 0.4) is 0 Å². The van der Waals surface area contributed by atoms with Crippen molar-refractivity contribution in [2.45, 2.75) is 98.3 Å². The molecule has 0 atom stereocenters. The second-order valence-corrected chi connectivity index (χ2v) is 7.68. The fourth-order valence-corrected chi connectivity index (χ4v) is 2.63. The molecule has 0 rings (SSSR count). The standard InChI is InChI=1S/C21H40O2/c1-18(2)14-11-9-7-6-8-10-12-17-23-21(22)20(5)16-13-15-19(3)4/h18-19H,5-17H2,1-4H3. The Hall–Kier alpha value is -0.790. The first-order chi connectivity index (χ1) is 10.9. The number of carbonyl (C=O) groups is 1. The second kappa shape index (κ2) is 14.8. The van der Waals surface area contributed by atoms with Gasteiger partial charge < -0.3 is 4.74 Å². The lowest BCUT2D eigenvalue weighted by atomic mass is 10.0. The number of unbranched alkanes of at least 4 members (excludes halogenated alkanes) is 6. The molecule has 0 unspecified atom stereocenters. The molecule has 0 aliphatic carbocycles. The van der Waals surface area contributed by atoms with E-state index in [1.165, 1.54) is 38.5 Å². The largest absolute Gasteiger partial charge is 0.462 e. The molecule has 0 radical (unpaired) electrons. The highest BCUT2D eigenvalue weighted by atomic mass is 16.5. The molecule has 0 N–H and O–H groups in total. The van der Waals surface area contributed by atoms with E-state index in [4.69, 9.17) is 4.74 Å². The Morgan fingerprint density at radius 1 is 0.783 bits per heavy atom. The van der Waals surface area contributed by atoms with Crippen molar-refractivity contribution in [2.24, 2.45) is 11.8 Å². The van der Waals surface area contributed by atoms with Gasteiger partial charge in [0.05, 0.1) is 6.61 Å². The van der Waals surface area contributed by atoms with E-state index in [1.54, 1.807) is 0 Å². The van der Waals surface area contributed by atoms with E-state index >= 15 is 0 Å². The molecule has 2 nitrogen and oxygen atoms in total. The number of carbonyl (C=O) groups excluding carboxylic acids is 1. The quantitative estimate of drug-likeness (QED) is 0.190. The lowest BCUT2D eigenvalue weighted by Gasteiger charge is -2.08. The highest BCUT2D eigenvalue weighted by molar-refractivity contribution is 5.87. The molecule has 0 spiro atoms. The predicted octanol–water partition coefficient (Wildman–Crippen LogP) is 6.69. The highest BCUT2D eigenvalue weighted by Crippen LogP contribution is 2.13. The Balaban J connectivity index is 3.36. The number of esters is 1. The van der Waals surface area contributed by atoms with Crippen LogP contribution >= 0.6 is 0 Å². The minimum absolute atomic E-state index is 0.192. The predicted molar refractivity (Wildman–Crippen MR) is 101 cm³/mol. The average molecular weight is 325 g/mol. The Labute approximate surface area is 145 Å². The summed E-state index contributed by atoms with van der Waals surface area (Å²) in [6.07, 6.45) is 13.1. The first kappa shape index (κ1) is 22.2. The number of ether oxygens (including phenoxy) is 1. The summed E-state index contributed by atoms with van der Waals surface area (Å²) in [5, 5.41) is 0. The minimum atomic E-state index is -0.192. The van der Waals surface area contributed by atoms with Crippen molar-refractivity contribution in [1.82, 2.24) is 0 Å². The Bertz CT molecular complexity index is 305. The van der Waals surface area contributed by atoms with E-state index in [2.05, 4.69) is 34.3 Å². The van der Waals surface area contributed by atoms with Crippen LogP contribution in [0, 0.1) is 11.8 Å². The van der Waals surface area contributed by atoms with Crippen LogP contribution in [0.25, 0.3) is 0 Å². The van der Waals surface area contributed by atoms with E-state index in [9.17, 15) is 4.79 Å². The molecule has 0 aromatic heterocycles. The zero-order valence-electron chi connectivity index (χ0n) is 16.2. The third-order valence-electron chi connectivity index (χ3n) is 4.21. The molecule has 0 aromatic carbocycles. The molecule has 23 heavy (non-hydrogen) atoms. The van der Waals surface area contributed by atoms with Gasteiger partial charge in [0.25, 0.3) is 0 Å². The van der Waals surface area contributed by atoms with Gasteiger partial charge in [-0.1, -0.05) is 85.6 Å². The fraction of sp³-hybridized carbons (Fsp3) is 0.857. The van der Waals surface area contributed by atoms with Crippen LogP contribution in [0.15, 0.2) is 12.2 Å². The van der Waals surface area contributed by atoms with Crippen LogP contribution in [0.2, 0.25) is 0 Å². The summed E-state index contributed by atoms with van der Waals surface area (Å²) in [5.41, 5.74) is 0.635. The summed E-state index contributed by atoms with van der Waals surface area (Å²) in [4.78, 5) is 11.8. The molecule has 136 valence electrons. The van der Waals surface area contributed by atoms with Crippen molar-refractivity contribution in [1.29, 1.82) is 0 Å². The molecule has 0 heterocycles. The summed E-state index contributed by atoms with van der Waals surface area (Å²) in [6.45, 7) is 13.4. The maximum Gasteiger partial charge on any atom is 0.333 e. The van der Waals surface area contributed by atoms with Crippen molar-refractivity contribution in [3.05, 3.63) is 12.2 Å². The molecule has 0 saturated carbocycles. The van der Waals surface area contributed by atoms with Crippen molar-refractivity contribution >= 4 is 5.97 Å². The molecule has 0 aromatic rings. The molecule has 0 aliphatic heterocycles. The molecular weight excluding hydrogens is 284 g/mol. The number of hydrogen-bond acceptors (Lipinski definition) is 2. The number of rotatable bonds is 15. The third-order valence-corrected chi connectivity index (χ3v) is 4.21. The molecule has 0 aliphatic rings. The van der Waals surface area contributed by atoms with Crippen LogP contribution in [0.5, 0.6) is 0 Å². The molecule has 0 saturated heterocycles. The maximum absolute atomic E-state index is 11.8. The van der Waals surface area contributed by atoms with Crippen molar-refractivity contribution in [2.75, 3.05) is 6.61 Å². The molecule has 0 fully saturated rings. The maximum atomic E-state index is 11.8. The molecule has 0 amide bonds. The van der Waals surface area contributed by atoms with E-state index in [-0.39, 0.29) is 5.97 Å². The SMILES string of the molecule is C=C(CCCC(C)C)C(=O)OCCCCCCCCCC(C)C. The second-order valence-electron chi connectivity index (χ2n) is 7.68. The first-order valence-corrected chi connectivity index (χ1v) is 9.78. The van der Waals surface area contributed by atoms with E-state index in [1.807, 2.05) is 0 Å². The Kier molecular flexibility index (Phi) is 14.3. The van der Waals surface area contributed by atoms with Gasteiger partial charge in [-0.2, -0.15) is 0 Å². The summed E-state index contributed by atoms with van der Waals surface area (Å²) >= 11 is 0. The van der Waals surface area contributed by atoms with Crippen LogP contribution in [-0.4, -0.2) is 12.6 Å². The minimum Gasteiger partial charge on any atom is -0.462 e.